The van der Waals surface area contributed by atoms with E-state index in [0.29, 0.717) is 18.6 Å². The smallest absolute Gasteiger partial charge is 0.357 e. The molecule has 7 heteroatoms. The van der Waals surface area contributed by atoms with Gasteiger partial charge in [-0.3, -0.25) is 4.79 Å². The van der Waals surface area contributed by atoms with E-state index < -0.39 is 5.97 Å². The van der Waals surface area contributed by atoms with E-state index in [9.17, 15) is 9.59 Å². The molecule has 7 nitrogen and oxygen atoms in total. The minimum absolute atomic E-state index is 0.196. The van der Waals surface area contributed by atoms with Gasteiger partial charge in [0.15, 0.2) is 6.61 Å². The van der Waals surface area contributed by atoms with Crippen molar-refractivity contribution >= 4 is 28.5 Å². The number of amides is 1. The minimum atomic E-state index is -0.592. The molecule has 1 aliphatic rings. The van der Waals surface area contributed by atoms with Crippen LogP contribution < -0.4 is 9.64 Å². The van der Waals surface area contributed by atoms with Crippen molar-refractivity contribution in [1.29, 1.82) is 0 Å². The van der Waals surface area contributed by atoms with Crippen LogP contribution in [0.5, 0.6) is 5.75 Å². The average molecular weight is 405 g/mol. The van der Waals surface area contributed by atoms with Gasteiger partial charge in [-0.05, 0) is 36.4 Å². The summed E-state index contributed by atoms with van der Waals surface area (Å²) in [4.78, 5) is 33.0. The second kappa shape index (κ2) is 8.82. The zero-order valence-corrected chi connectivity index (χ0v) is 16.8. The number of esters is 1. The number of piperazine rings is 1. The van der Waals surface area contributed by atoms with Crippen molar-refractivity contribution in [3.8, 4) is 5.75 Å². The lowest BCUT2D eigenvalue weighted by atomic mass is 10.2. The van der Waals surface area contributed by atoms with Crippen LogP contribution in [-0.2, 0) is 9.53 Å². The Hall–Kier alpha value is -3.61. The molecule has 30 heavy (non-hydrogen) atoms. The maximum absolute atomic E-state index is 12.5. The molecular formula is C23H23N3O4. The molecule has 0 bridgehead atoms. The van der Waals surface area contributed by atoms with E-state index in [1.165, 1.54) is 0 Å². The lowest BCUT2D eigenvalue weighted by Gasteiger charge is -2.36. The molecular weight excluding hydrogens is 382 g/mol. The SMILES string of the molecule is COc1ccc(N2CCN(C(=O)COC(=O)c3ccc4ccccc4n3)CC2)cc1. The van der Waals surface area contributed by atoms with E-state index in [2.05, 4.69) is 9.88 Å². The van der Waals surface area contributed by atoms with Gasteiger partial charge >= 0.3 is 5.97 Å². The van der Waals surface area contributed by atoms with Crippen LogP contribution in [0.2, 0.25) is 0 Å². The van der Waals surface area contributed by atoms with E-state index in [4.69, 9.17) is 9.47 Å². The molecule has 1 fully saturated rings. The molecule has 154 valence electrons. The molecule has 1 saturated heterocycles. The molecule has 0 spiro atoms. The number of carbonyl (C=O) groups excluding carboxylic acids is 2. The Morgan fingerprint density at radius 3 is 2.40 bits per heavy atom. The van der Waals surface area contributed by atoms with E-state index in [-0.39, 0.29) is 18.2 Å². The summed E-state index contributed by atoms with van der Waals surface area (Å²) in [7, 11) is 1.64. The highest BCUT2D eigenvalue weighted by molar-refractivity contribution is 5.92. The summed E-state index contributed by atoms with van der Waals surface area (Å²) in [5.74, 6) is 0.0276. The number of carbonyl (C=O) groups is 2. The van der Waals surface area contributed by atoms with Gasteiger partial charge in [0, 0.05) is 37.3 Å². The molecule has 1 aliphatic heterocycles. The Morgan fingerprint density at radius 1 is 0.933 bits per heavy atom. The second-order valence-corrected chi connectivity index (χ2v) is 7.03. The van der Waals surface area contributed by atoms with E-state index in [1.807, 2.05) is 54.6 Å². The number of benzene rings is 2. The number of para-hydroxylation sites is 1. The van der Waals surface area contributed by atoms with E-state index >= 15 is 0 Å². The molecule has 0 radical (unpaired) electrons. The Bertz CT molecular complexity index is 1040. The fraction of sp³-hybridized carbons (Fsp3) is 0.261. The maximum Gasteiger partial charge on any atom is 0.357 e. The highest BCUT2D eigenvalue weighted by Crippen LogP contribution is 2.20. The minimum Gasteiger partial charge on any atom is -0.497 e. The highest BCUT2D eigenvalue weighted by Gasteiger charge is 2.22. The van der Waals surface area contributed by atoms with Crippen molar-refractivity contribution in [3.05, 3.63) is 66.4 Å². The molecule has 2 heterocycles. The number of rotatable bonds is 5. The van der Waals surface area contributed by atoms with Gasteiger partial charge < -0.3 is 19.3 Å². The number of pyridine rings is 1. The third kappa shape index (κ3) is 4.35. The summed E-state index contributed by atoms with van der Waals surface area (Å²) in [6.07, 6.45) is 0. The molecule has 0 aliphatic carbocycles. The summed E-state index contributed by atoms with van der Waals surface area (Å²) in [5.41, 5.74) is 2.01. The zero-order valence-electron chi connectivity index (χ0n) is 16.8. The zero-order chi connectivity index (χ0) is 20.9. The number of hydrogen-bond donors (Lipinski definition) is 0. The number of nitrogens with zero attached hydrogens (tertiary/aromatic N) is 3. The predicted molar refractivity (Wildman–Crippen MR) is 114 cm³/mol. The summed E-state index contributed by atoms with van der Waals surface area (Å²) < 4.78 is 10.4. The number of fused-ring (bicyclic) bond motifs is 1. The Kier molecular flexibility index (Phi) is 5.79. The molecule has 0 N–H and O–H groups in total. The first kappa shape index (κ1) is 19.7. The first-order valence-electron chi connectivity index (χ1n) is 9.84. The van der Waals surface area contributed by atoms with Crippen LogP contribution in [0.3, 0.4) is 0 Å². The third-order valence-electron chi connectivity index (χ3n) is 5.20. The fourth-order valence-corrected chi connectivity index (χ4v) is 3.48. The quantitative estimate of drug-likeness (QED) is 0.608. The Morgan fingerprint density at radius 2 is 1.67 bits per heavy atom. The summed E-state index contributed by atoms with van der Waals surface area (Å²) in [5, 5.41) is 0.944. The number of hydrogen-bond acceptors (Lipinski definition) is 6. The van der Waals surface area contributed by atoms with Crippen LogP contribution in [0.4, 0.5) is 5.69 Å². The van der Waals surface area contributed by atoms with E-state index in [0.717, 1.165) is 29.9 Å². The topological polar surface area (TPSA) is 72.0 Å². The van der Waals surface area contributed by atoms with Gasteiger partial charge in [-0.15, -0.1) is 0 Å². The maximum atomic E-state index is 12.5. The summed E-state index contributed by atoms with van der Waals surface area (Å²) in [6.45, 7) is 2.32. The van der Waals surface area contributed by atoms with Gasteiger partial charge in [0.25, 0.3) is 5.91 Å². The van der Waals surface area contributed by atoms with Crippen molar-refractivity contribution in [2.24, 2.45) is 0 Å². The van der Waals surface area contributed by atoms with Crippen molar-refractivity contribution in [2.45, 2.75) is 0 Å². The van der Waals surface area contributed by atoms with Gasteiger partial charge in [-0.25, -0.2) is 9.78 Å². The van der Waals surface area contributed by atoms with Crippen LogP contribution in [0, 0.1) is 0 Å². The first-order chi connectivity index (χ1) is 14.6. The lowest BCUT2D eigenvalue weighted by molar-refractivity contribution is -0.134. The van der Waals surface area contributed by atoms with Crippen molar-refractivity contribution < 1.29 is 19.1 Å². The van der Waals surface area contributed by atoms with Crippen LogP contribution >= 0.6 is 0 Å². The predicted octanol–water partition coefficient (Wildman–Crippen LogP) is 2.75. The molecule has 1 aromatic heterocycles. The van der Waals surface area contributed by atoms with Crippen LogP contribution in [0.15, 0.2) is 60.7 Å². The summed E-state index contributed by atoms with van der Waals surface area (Å²) in [6, 6.07) is 18.8. The second-order valence-electron chi connectivity index (χ2n) is 7.03. The normalized spacial score (nSPS) is 13.9. The summed E-state index contributed by atoms with van der Waals surface area (Å²) >= 11 is 0. The molecule has 0 unspecified atom stereocenters. The van der Waals surface area contributed by atoms with Gasteiger partial charge in [0.1, 0.15) is 11.4 Å². The first-order valence-corrected chi connectivity index (χ1v) is 9.84. The molecule has 1 amide bonds. The number of methoxy groups -OCH3 is 1. The largest absolute Gasteiger partial charge is 0.497 e. The molecule has 3 aromatic rings. The van der Waals surface area contributed by atoms with Crippen molar-refractivity contribution in [1.82, 2.24) is 9.88 Å². The van der Waals surface area contributed by atoms with Crippen molar-refractivity contribution in [3.63, 3.8) is 0 Å². The average Bonchev–Trinajstić information content (AvgIpc) is 2.82. The number of anilines is 1. The van der Waals surface area contributed by atoms with Crippen LogP contribution in [0.25, 0.3) is 10.9 Å². The number of aromatic nitrogens is 1. The molecule has 0 saturated carbocycles. The van der Waals surface area contributed by atoms with Crippen LogP contribution in [-0.4, -0.2) is 61.7 Å². The van der Waals surface area contributed by atoms with Gasteiger partial charge in [-0.1, -0.05) is 24.3 Å². The molecule has 4 rings (SSSR count). The van der Waals surface area contributed by atoms with Crippen molar-refractivity contribution in [2.75, 3.05) is 44.8 Å². The van der Waals surface area contributed by atoms with Crippen LogP contribution in [0.1, 0.15) is 10.5 Å². The Labute approximate surface area is 174 Å². The Balaban J connectivity index is 1.28. The fourth-order valence-electron chi connectivity index (χ4n) is 3.48. The standard InChI is InChI=1S/C23H23N3O4/c1-29-19-9-7-18(8-10-19)25-12-14-26(15-13-25)22(27)16-30-23(28)21-11-6-17-4-2-3-5-20(17)24-21/h2-11H,12-16H2,1H3. The van der Waals surface area contributed by atoms with Gasteiger partial charge in [0.05, 0.1) is 12.6 Å². The van der Waals surface area contributed by atoms with Gasteiger partial charge in [0.2, 0.25) is 0 Å². The molecule has 2 aromatic carbocycles. The molecule has 0 atom stereocenters. The third-order valence-corrected chi connectivity index (χ3v) is 5.20. The lowest BCUT2D eigenvalue weighted by Crippen LogP contribution is -2.49. The van der Waals surface area contributed by atoms with Gasteiger partial charge in [-0.2, -0.15) is 0 Å². The van der Waals surface area contributed by atoms with E-state index in [1.54, 1.807) is 18.1 Å². The number of ether oxygens (including phenoxy) is 2. The monoisotopic (exact) mass is 405 g/mol. The highest BCUT2D eigenvalue weighted by atomic mass is 16.5.